The lowest BCUT2D eigenvalue weighted by Crippen LogP contribution is -2.30. The topological polar surface area (TPSA) is 113 Å². The highest BCUT2D eigenvalue weighted by Crippen LogP contribution is 2.16. The number of hydrogen-bond donors (Lipinski definition) is 4. The summed E-state index contributed by atoms with van der Waals surface area (Å²) in [7, 11) is -1.57. The van der Waals surface area contributed by atoms with Crippen molar-refractivity contribution in [3.05, 3.63) is 29.1 Å². The average molecular weight is 306 g/mol. The van der Waals surface area contributed by atoms with Crippen LogP contribution in [-0.2, 0) is 0 Å². The van der Waals surface area contributed by atoms with E-state index >= 15 is 0 Å². The number of aromatic nitrogens is 1. The first-order chi connectivity index (χ1) is 10.1. The van der Waals surface area contributed by atoms with Crippen molar-refractivity contribution in [3.63, 3.8) is 0 Å². The van der Waals surface area contributed by atoms with Gasteiger partial charge in [0.2, 0.25) is 5.13 Å². The summed E-state index contributed by atoms with van der Waals surface area (Å²) < 4.78 is 5.37. The summed E-state index contributed by atoms with van der Waals surface area (Å²) in [5, 5.41) is 24.8. The number of thiazole rings is 1. The normalized spacial score (nSPS) is 10.8. The quantitative estimate of drug-likeness (QED) is 0.346. The molecule has 2 aromatic rings. The second kappa shape index (κ2) is 7.07. The summed E-state index contributed by atoms with van der Waals surface area (Å²) in [5.41, 5.74) is 9.25. The molecule has 0 saturated carbocycles. The van der Waals surface area contributed by atoms with Gasteiger partial charge in [-0.05, 0) is 30.1 Å². The van der Waals surface area contributed by atoms with Crippen molar-refractivity contribution < 1.29 is 14.8 Å². The first kappa shape index (κ1) is 15.3. The highest BCUT2D eigenvalue weighted by atomic mass is 32.1. The van der Waals surface area contributed by atoms with Crippen LogP contribution >= 0.6 is 11.3 Å². The van der Waals surface area contributed by atoms with Crippen LogP contribution in [0.3, 0.4) is 0 Å². The third-order valence-electron chi connectivity index (χ3n) is 2.46. The molecule has 0 aliphatic rings. The van der Waals surface area contributed by atoms with Crippen LogP contribution in [0.2, 0.25) is 0 Å². The van der Waals surface area contributed by atoms with Gasteiger partial charge in [-0.15, -0.1) is 11.3 Å². The van der Waals surface area contributed by atoms with Gasteiger partial charge in [0.05, 0.1) is 12.8 Å². The molecule has 0 radical (unpaired) electrons. The van der Waals surface area contributed by atoms with Crippen LogP contribution in [0.5, 0.6) is 5.75 Å². The van der Waals surface area contributed by atoms with Crippen molar-refractivity contribution in [2.45, 2.75) is 6.92 Å². The number of hydrazone groups is 1. The number of nitrogens with two attached hydrogens (primary N) is 1. The molecule has 5 N–H and O–H groups in total. The fourth-order valence-electron chi connectivity index (χ4n) is 1.62. The Morgan fingerprint density at radius 2 is 2.29 bits per heavy atom. The minimum absolute atomic E-state index is 0.334. The molecule has 0 saturated heterocycles. The standard InChI is InChI=1S/C12H15BN4O3S/c1-2-20-10-4-8(3-9(5-10)13(18)19)6-15-17-12-16-11(14)7-21-12/h3-7,18-19H,2,14H2,1H3,(H,16,17). The van der Waals surface area contributed by atoms with E-state index < -0.39 is 7.12 Å². The van der Waals surface area contributed by atoms with Crippen LogP contribution in [0.15, 0.2) is 28.7 Å². The Hall–Kier alpha value is -2.10. The molecule has 0 atom stereocenters. The largest absolute Gasteiger partial charge is 0.494 e. The molecule has 7 nitrogen and oxygen atoms in total. The van der Waals surface area contributed by atoms with Gasteiger partial charge in [0, 0.05) is 5.38 Å². The van der Waals surface area contributed by atoms with E-state index in [0.717, 1.165) is 0 Å². The smallest absolute Gasteiger partial charge is 0.488 e. The summed E-state index contributed by atoms with van der Waals surface area (Å²) in [6.45, 7) is 2.34. The van der Waals surface area contributed by atoms with Gasteiger partial charge in [-0.25, -0.2) is 4.98 Å². The van der Waals surface area contributed by atoms with Crippen LogP contribution in [0.1, 0.15) is 12.5 Å². The summed E-state index contributed by atoms with van der Waals surface area (Å²) >= 11 is 1.34. The molecule has 0 aliphatic carbocycles. The highest BCUT2D eigenvalue weighted by molar-refractivity contribution is 7.14. The molecule has 2 rings (SSSR count). The van der Waals surface area contributed by atoms with Crippen LogP contribution in [-0.4, -0.2) is 35.0 Å². The van der Waals surface area contributed by atoms with E-state index in [1.807, 2.05) is 6.92 Å². The summed E-state index contributed by atoms with van der Waals surface area (Å²) in [5.74, 6) is 0.977. The highest BCUT2D eigenvalue weighted by Gasteiger charge is 2.13. The van der Waals surface area contributed by atoms with E-state index in [-0.39, 0.29) is 0 Å². The van der Waals surface area contributed by atoms with Crippen molar-refractivity contribution >= 4 is 41.1 Å². The maximum Gasteiger partial charge on any atom is 0.488 e. The fraction of sp³-hybridized carbons (Fsp3) is 0.167. The molecule has 0 amide bonds. The van der Waals surface area contributed by atoms with Crippen LogP contribution < -0.4 is 21.4 Å². The third-order valence-corrected chi connectivity index (χ3v) is 3.22. The molecule has 0 spiro atoms. The Balaban J connectivity index is 2.14. The van der Waals surface area contributed by atoms with Gasteiger partial charge in [-0.2, -0.15) is 5.10 Å². The maximum atomic E-state index is 9.26. The van der Waals surface area contributed by atoms with E-state index in [2.05, 4.69) is 15.5 Å². The molecule has 0 aliphatic heterocycles. The number of hydrogen-bond acceptors (Lipinski definition) is 8. The lowest BCUT2D eigenvalue weighted by molar-refractivity contribution is 0.340. The molecule has 0 bridgehead atoms. The Kier molecular flexibility index (Phi) is 5.15. The number of ether oxygens (including phenoxy) is 1. The third kappa shape index (κ3) is 4.45. The number of nitrogens with one attached hydrogen (secondary N) is 1. The molecular weight excluding hydrogens is 291 g/mol. The number of rotatable bonds is 6. The van der Waals surface area contributed by atoms with Gasteiger partial charge in [0.1, 0.15) is 11.6 Å². The minimum Gasteiger partial charge on any atom is -0.494 e. The molecule has 0 fully saturated rings. The van der Waals surface area contributed by atoms with Gasteiger partial charge >= 0.3 is 7.12 Å². The zero-order valence-corrected chi connectivity index (χ0v) is 12.2. The van der Waals surface area contributed by atoms with Crippen molar-refractivity contribution in [1.29, 1.82) is 0 Å². The lowest BCUT2D eigenvalue weighted by Gasteiger charge is -2.07. The Labute approximate surface area is 126 Å². The molecule has 21 heavy (non-hydrogen) atoms. The van der Waals surface area contributed by atoms with E-state index in [9.17, 15) is 10.0 Å². The molecule has 1 aromatic carbocycles. The molecule has 110 valence electrons. The first-order valence-electron chi connectivity index (χ1n) is 6.22. The number of benzene rings is 1. The zero-order chi connectivity index (χ0) is 15.2. The first-order valence-corrected chi connectivity index (χ1v) is 7.10. The van der Waals surface area contributed by atoms with E-state index in [4.69, 9.17) is 10.5 Å². The Bertz CT molecular complexity index is 633. The lowest BCUT2D eigenvalue weighted by atomic mass is 9.79. The van der Waals surface area contributed by atoms with E-state index in [0.29, 0.717) is 34.3 Å². The average Bonchev–Trinajstić information content (AvgIpc) is 2.84. The summed E-state index contributed by atoms with van der Waals surface area (Å²) in [4.78, 5) is 4.00. The minimum atomic E-state index is -1.57. The van der Waals surface area contributed by atoms with Crippen LogP contribution in [0, 0.1) is 0 Å². The monoisotopic (exact) mass is 306 g/mol. The molecule has 1 heterocycles. The number of anilines is 2. The Morgan fingerprint density at radius 1 is 1.48 bits per heavy atom. The van der Waals surface area contributed by atoms with Gasteiger partial charge in [0.15, 0.2) is 0 Å². The van der Waals surface area contributed by atoms with Crippen LogP contribution in [0.4, 0.5) is 10.9 Å². The number of nitrogen functional groups attached to an aromatic ring is 1. The van der Waals surface area contributed by atoms with Crippen molar-refractivity contribution in [2.24, 2.45) is 5.10 Å². The van der Waals surface area contributed by atoms with Crippen LogP contribution in [0.25, 0.3) is 0 Å². The molecule has 9 heteroatoms. The summed E-state index contributed by atoms with van der Waals surface area (Å²) in [6.07, 6.45) is 1.53. The van der Waals surface area contributed by atoms with Gasteiger partial charge in [-0.3, -0.25) is 5.43 Å². The van der Waals surface area contributed by atoms with E-state index in [1.54, 1.807) is 23.6 Å². The van der Waals surface area contributed by atoms with Gasteiger partial charge in [-0.1, -0.05) is 6.07 Å². The predicted octanol–water partition coefficient (Wildman–Crippen LogP) is 0.250. The van der Waals surface area contributed by atoms with Gasteiger partial charge < -0.3 is 20.5 Å². The molecular formula is C12H15BN4O3S. The van der Waals surface area contributed by atoms with Gasteiger partial charge in [0.25, 0.3) is 0 Å². The Morgan fingerprint density at radius 3 is 2.90 bits per heavy atom. The fourth-order valence-corrected chi connectivity index (χ4v) is 2.17. The second-order valence-electron chi connectivity index (χ2n) is 4.09. The predicted molar refractivity (Wildman–Crippen MR) is 85.2 cm³/mol. The number of nitrogens with zero attached hydrogens (tertiary/aromatic N) is 2. The zero-order valence-electron chi connectivity index (χ0n) is 11.4. The maximum absolute atomic E-state index is 9.26. The van der Waals surface area contributed by atoms with E-state index in [1.165, 1.54) is 17.6 Å². The van der Waals surface area contributed by atoms with Crippen molar-refractivity contribution in [3.8, 4) is 5.75 Å². The summed E-state index contributed by atoms with van der Waals surface area (Å²) in [6, 6.07) is 4.92. The van der Waals surface area contributed by atoms with Crippen molar-refractivity contribution in [1.82, 2.24) is 4.98 Å². The van der Waals surface area contributed by atoms with Crippen molar-refractivity contribution in [2.75, 3.05) is 17.8 Å². The second-order valence-corrected chi connectivity index (χ2v) is 4.95. The SMILES string of the molecule is CCOc1cc(C=NNc2nc(N)cs2)cc(B(O)O)c1. The molecule has 0 unspecified atom stereocenters. The molecule has 1 aromatic heterocycles.